The molecule has 0 saturated heterocycles. The molecule has 1 aliphatic rings. The van der Waals surface area contributed by atoms with E-state index in [0.29, 0.717) is 6.04 Å². The first-order chi connectivity index (χ1) is 11.4. The van der Waals surface area contributed by atoms with Crippen LogP contribution >= 0.6 is 34.8 Å². The fourth-order valence-corrected chi connectivity index (χ4v) is 3.39. The maximum atomic E-state index is 6.21. The average Bonchev–Trinajstić information content (AvgIpc) is 2.53. The predicted molar refractivity (Wildman–Crippen MR) is 103 cm³/mol. The molecule has 1 atom stereocenters. The van der Waals surface area contributed by atoms with Gasteiger partial charge in [-0.1, -0.05) is 78.3 Å². The Kier molecular flexibility index (Phi) is 7.16. The molecule has 1 aromatic rings. The number of alkyl halides is 3. The number of guanidine groups is 1. The highest BCUT2D eigenvalue weighted by Gasteiger charge is 2.35. The summed E-state index contributed by atoms with van der Waals surface area (Å²) < 4.78 is -1.43. The molecular formula is C16H22Cl3N5. The van der Waals surface area contributed by atoms with Gasteiger partial charge in [-0.25, -0.2) is 0 Å². The van der Waals surface area contributed by atoms with Crippen LogP contribution in [-0.2, 0) is 0 Å². The third-order valence-electron chi connectivity index (χ3n) is 3.98. The van der Waals surface area contributed by atoms with Crippen molar-refractivity contribution in [1.29, 1.82) is 0 Å². The van der Waals surface area contributed by atoms with Gasteiger partial charge in [-0.15, -0.1) is 5.10 Å². The van der Waals surface area contributed by atoms with E-state index in [2.05, 4.69) is 15.5 Å². The van der Waals surface area contributed by atoms with Gasteiger partial charge in [0.1, 0.15) is 0 Å². The first kappa shape index (κ1) is 19.3. The Labute approximate surface area is 157 Å². The number of hydrogen-bond acceptors (Lipinski definition) is 3. The van der Waals surface area contributed by atoms with E-state index in [9.17, 15) is 0 Å². The lowest BCUT2D eigenvalue weighted by Gasteiger charge is -2.32. The third-order valence-corrected chi connectivity index (χ3v) is 4.64. The minimum atomic E-state index is -1.43. The van der Waals surface area contributed by atoms with E-state index in [4.69, 9.17) is 46.3 Å². The summed E-state index contributed by atoms with van der Waals surface area (Å²) in [5, 5.41) is 10.8. The van der Waals surface area contributed by atoms with Crippen LogP contribution in [-0.4, -0.2) is 22.0 Å². The maximum absolute atomic E-state index is 6.21. The van der Waals surface area contributed by atoms with Crippen molar-refractivity contribution in [2.45, 2.75) is 48.0 Å². The Balaban J connectivity index is 2.11. The zero-order valence-corrected chi connectivity index (χ0v) is 15.5. The summed E-state index contributed by atoms with van der Waals surface area (Å²) in [4.78, 5) is 0. The molecule has 132 valence electrons. The summed E-state index contributed by atoms with van der Waals surface area (Å²) in [6.07, 6.45) is 7.48. The van der Waals surface area contributed by atoms with Gasteiger partial charge in [-0.3, -0.25) is 0 Å². The molecule has 8 heteroatoms. The van der Waals surface area contributed by atoms with E-state index in [0.717, 1.165) is 24.0 Å². The van der Waals surface area contributed by atoms with E-state index in [-0.39, 0.29) is 12.0 Å². The number of benzene rings is 1. The highest BCUT2D eigenvalue weighted by molar-refractivity contribution is 6.68. The van der Waals surface area contributed by atoms with Crippen molar-refractivity contribution in [2.24, 2.45) is 21.7 Å². The number of halogens is 3. The van der Waals surface area contributed by atoms with Crippen LogP contribution in [0.2, 0.25) is 0 Å². The summed E-state index contributed by atoms with van der Waals surface area (Å²) in [6.45, 7) is 0. The molecule has 0 aromatic heterocycles. The Morgan fingerprint density at radius 2 is 1.75 bits per heavy atom. The number of nitrogens with one attached hydrogen (secondary N) is 1. The zero-order chi connectivity index (χ0) is 17.6. The monoisotopic (exact) mass is 389 g/mol. The molecule has 1 unspecified atom stereocenters. The molecule has 0 heterocycles. The molecule has 1 aromatic carbocycles. The first-order valence-corrected chi connectivity index (χ1v) is 9.04. The van der Waals surface area contributed by atoms with Gasteiger partial charge in [0.15, 0.2) is 0 Å². The Morgan fingerprint density at radius 1 is 1.12 bits per heavy atom. The molecule has 5 nitrogen and oxygen atoms in total. The second-order valence-electron chi connectivity index (χ2n) is 5.91. The molecule has 1 fully saturated rings. The van der Waals surface area contributed by atoms with Crippen LogP contribution in [0, 0.1) is 0 Å². The van der Waals surface area contributed by atoms with Gasteiger partial charge < -0.3 is 16.8 Å². The summed E-state index contributed by atoms with van der Waals surface area (Å²) in [6, 6.07) is 7.61. The minimum Gasteiger partial charge on any atom is -0.369 e. The lowest BCUT2D eigenvalue weighted by atomic mass is 9.94. The number of rotatable bonds is 5. The van der Waals surface area contributed by atoms with Crippen molar-refractivity contribution < 1.29 is 0 Å². The molecular weight excluding hydrogens is 369 g/mol. The molecule has 0 aliphatic heterocycles. The molecule has 24 heavy (non-hydrogen) atoms. The number of hydrogen-bond donors (Lipinski definition) is 3. The van der Waals surface area contributed by atoms with E-state index in [1.54, 1.807) is 6.21 Å². The quantitative estimate of drug-likeness (QED) is 0.310. The Morgan fingerprint density at radius 3 is 2.29 bits per heavy atom. The fourth-order valence-electron chi connectivity index (χ4n) is 2.82. The largest absolute Gasteiger partial charge is 0.369 e. The van der Waals surface area contributed by atoms with Crippen molar-refractivity contribution >= 4 is 47.0 Å². The Hall–Kier alpha value is -1.01. The highest BCUT2D eigenvalue weighted by atomic mass is 35.6. The smallest absolute Gasteiger partial charge is 0.211 e. The normalized spacial score (nSPS) is 17.8. The highest BCUT2D eigenvalue weighted by Crippen LogP contribution is 2.40. The van der Waals surface area contributed by atoms with E-state index >= 15 is 0 Å². The summed E-state index contributed by atoms with van der Waals surface area (Å²) in [7, 11) is 0. The second-order valence-corrected chi connectivity index (χ2v) is 8.28. The van der Waals surface area contributed by atoms with Crippen molar-refractivity contribution in [3.8, 4) is 0 Å². The lowest BCUT2D eigenvalue weighted by molar-refractivity contribution is 0.339. The average molecular weight is 391 g/mol. The SMILES string of the molecule is NC(N)=NN=Cc1ccc(C(NC2CCCCC2)C(Cl)(Cl)Cl)cc1. The summed E-state index contributed by atoms with van der Waals surface area (Å²) in [5.41, 5.74) is 12.2. The topological polar surface area (TPSA) is 88.8 Å². The standard InChI is InChI=1S/C16H22Cl3N5/c17-16(18,19)14(23-13-4-2-1-3-5-13)12-8-6-11(7-9-12)10-22-24-15(20)21/h6-10,13-14,23H,1-5H2,(H4,20,21,24). The molecule has 1 saturated carbocycles. The van der Waals surface area contributed by atoms with Gasteiger partial charge in [0.05, 0.1) is 12.3 Å². The molecule has 0 bridgehead atoms. The van der Waals surface area contributed by atoms with Gasteiger partial charge in [0.2, 0.25) is 9.75 Å². The van der Waals surface area contributed by atoms with Gasteiger partial charge >= 0.3 is 0 Å². The lowest BCUT2D eigenvalue weighted by Crippen LogP contribution is -2.40. The first-order valence-electron chi connectivity index (χ1n) is 7.91. The minimum absolute atomic E-state index is 0.0872. The molecule has 2 rings (SSSR count). The van der Waals surface area contributed by atoms with Crippen LogP contribution in [0.5, 0.6) is 0 Å². The summed E-state index contributed by atoms with van der Waals surface area (Å²) >= 11 is 18.6. The van der Waals surface area contributed by atoms with Crippen LogP contribution in [0.3, 0.4) is 0 Å². The molecule has 1 aliphatic carbocycles. The van der Waals surface area contributed by atoms with Gasteiger partial charge in [-0.05, 0) is 24.0 Å². The third kappa shape index (κ3) is 6.13. The summed E-state index contributed by atoms with van der Waals surface area (Å²) in [5.74, 6) is -0.0872. The molecule has 0 amide bonds. The zero-order valence-electron chi connectivity index (χ0n) is 13.3. The number of nitrogens with two attached hydrogens (primary N) is 2. The fraction of sp³-hybridized carbons (Fsp3) is 0.500. The molecule has 0 spiro atoms. The predicted octanol–water partition coefficient (Wildman–Crippen LogP) is 3.63. The number of nitrogens with zero attached hydrogens (tertiary/aromatic N) is 2. The Bertz CT molecular complexity index is 570. The van der Waals surface area contributed by atoms with Crippen LogP contribution in [0.25, 0.3) is 0 Å². The van der Waals surface area contributed by atoms with E-state index in [1.165, 1.54) is 19.3 Å². The van der Waals surface area contributed by atoms with Gasteiger partial charge in [0.25, 0.3) is 0 Å². The van der Waals surface area contributed by atoms with Crippen LogP contribution in [0.1, 0.15) is 49.3 Å². The van der Waals surface area contributed by atoms with Crippen molar-refractivity contribution in [2.75, 3.05) is 0 Å². The van der Waals surface area contributed by atoms with Crippen molar-refractivity contribution in [3.63, 3.8) is 0 Å². The van der Waals surface area contributed by atoms with Crippen molar-refractivity contribution in [3.05, 3.63) is 35.4 Å². The second kappa shape index (κ2) is 8.90. The van der Waals surface area contributed by atoms with E-state index in [1.807, 2.05) is 24.3 Å². The van der Waals surface area contributed by atoms with Gasteiger partial charge in [-0.2, -0.15) is 5.10 Å². The van der Waals surface area contributed by atoms with E-state index < -0.39 is 3.79 Å². The van der Waals surface area contributed by atoms with Crippen LogP contribution in [0.4, 0.5) is 0 Å². The van der Waals surface area contributed by atoms with Crippen LogP contribution in [0.15, 0.2) is 34.5 Å². The maximum Gasteiger partial charge on any atom is 0.211 e. The molecule has 5 N–H and O–H groups in total. The van der Waals surface area contributed by atoms with Gasteiger partial charge in [0, 0.05) is 6.04 Å². The molecule has 0 radical (unpaired) electrons. The van der Waals surface area contributed by atoms with Crippen molar-refractivity contribution in [1.82, 2.24) is 5.32 Å². The van der Waals surface area contributed by atoms with Crippen LogP contribution < -0.4 is 16.8 Å².